The van der Waals surface area contributed by atoms with Crippen LogP contribution >= 0.6 is 34.5 Å². The molecule has 0 aliphatic carbocycles. The van der Waals surface area contributed by atoms with Crippen molar-refractivity contribution in [1.82, 2.24) is 15.0 Å². The molecule has 0 amide bonds. The van der Waals surface area contributed by atoms with Gasteiger partial charge in [-0.15, -0.1) is 11.3 Å². The van der Waals surface area contributed by atoms with Gasteiger partial charge in [0.1, 0.15) is 0 Å². The maximum absolute atomic E-state index is 5.88. The summed E-state index contributed by atoms with van der Waals surface area (Å²) in [4.78, 5) is 14.9. The predicted octanol–water partition coefficient (Wildman–Crippen LogP) is 2.88. The maximum Gasteiger partial charge on any atom is 0.322 e. The van der Waals surface area contributed by atoms with Gasteiger partial charge in [0, 0.05) is 11.9 Å². The third-order valence-electron chi connectivity index (χ3n) is 2.12. The van der Waals surface area contributed by atoms with Crippen LogP contribution in [-0.4, -0.2) is 29.1 Å². The number of rotatable bonds is 4. The van der Waals surface area contributed by atoms with Crippen molar-refractivity contribution in [3.8, 4) is 6.01 Å². The third-order valence-corrected chi connectivity index (χ3v) is 3.51. The smallest absolute Gasteiger partial charge is 0.322 e. The summed E-state index contributed by atoms with van der Waals surface area (Å²) in [6.45, 7) is 0.640. The van der Waals surface area contributed by atoms with Gasteiger partial charge in [-0.1, -0.05) is 11.6 Å². The second-order valence-electron chi connectivity index (χ2n) is 3.45. The molecule has 96 valence electrons. The molecule has 0 N–H and O–H groups in total. The molecule has 18 heavy (non-hydrogen) atoms. The van der Waals surface area contributed by atoms with E-state index >= 15 is 0 Å². The van der Waals surface area contributed by atoms with Crippen LogP contribution in [0, 0.1) is 0 Å². The number of thiophene rings is 1. The molecular weight excluding hydrogens is 295 g/mol. The van der Waals surface area contributed by atoms with Gasteiger partial charge in [0.25, 0.3) is 0 Å². The Morgan fingerprint density at radius 1 is 1.28 bits per heavy atom. The topological polar surface area (TPSA) is 51.1 Å². The highest BCUT2D eigenvalue weighted by molar-refractivity contribution is 7.16. The van der Waals surface area contributed by atoms with E-state index in [9.17, 15) is 0 Å². The first-order chi connectivity index (χ1) is 8.58. The van der Waals surface area contributed by atoms with Crippen LogP contribution in [0.5, 0.6) is 6.01 Å². The number of anilines is 1. The van der Waals surface area contributed by atoms with E-state index in [1.165, 1.54) is 18.4 Å². The maximum atomic E-state index is 5.88. The van der Waals surface area contributed by atoms with Gasteiger partial charge in [-0.25, -0.2) is 0 Å². The Kier molecular flexibility index (Phi) is 4.21. The van der Waals surface area contributed by atoms with Crippen LogP contribution in [0.4, 0.5) is 5.95 Å². The number of ether oxygens (including phenoxy) is 1. The van der Waals surface area contributed by atoms with Gasteiger partial charge in [-0.3, -0.25) is 0 Å². The molecule has 0 aromatic carbocycles. The summed E-state index contributed by atoms with van der Waals surface area (Å²) in [5.41, 5.74) is 0. The lowest BCUT2D eigenvalue weighted by atomic mass is 10.4. The number of halogens is 2. The number of hydrogen-bond donors (Lipinski definition) is 0. The van der Waals surface area contributed by atoms with Crippen LogP contribution in [0.3, 0.4) is 0 Å². The molecule has 0 spiro atoms. The molecule has 0 unspecified atom stereocenters. The minimum atomic E-state index is 0.105. The highest BCUT2D eigenvalue weighted by Gasteiger charge is 2.11. The van der Waals surface area contributed by atoms with Crippen LogP contribution in [0.25, 0.3) is 0 Å². The van der Waals surface area contributed by atoms with Crippen molar-refractivity contribution >= 4 is 40.5 Å². The molecule has 0 saturated carbocycles. The molecule has 0 bridgehead atoms. The molecule has 2 aromatic heterocycles. The van der Waals surface area contributed by atoms with Crippen molar-refractivity contribution in [2.45, 2.75) is 6.54 Å². The lowest BCUT2D eigenvalue weighted by Crippen LogP contribution is -2.19. The quantitative estimate of drug-likeness (QED) is 0.869. The van der Waals surface area contributed by atoms with Gasteiger partial charge in [0.2, 0.25) is 11.2 Å². The monoisotopic (exact) mass is 304 g/mol. The fourth-order valence-electron chi connectivity index (χ4n) is 1.33. The van der Waals surface area contributed by atoms with Gasteiger partial charge in [0.05, 0.1) is 18.0 Å². The van der Waals surface area contributed by atoms with Crippen molar-refractivity contribution in [3.05, 3.63) is 26.6 Å². The van der Waals surface area contributed by atoms with E-state index in [0.29, 0.717) is 12.5 Å². The summed E-state index contributed by atoms with van der Waals surface area (Å²) in [6, 6.07) is 4.01. The van der Waals surface area contributed by atoms with Gasteiger partial charge in [-0.05, 0) is 23.7 Å². The zero-order valence-electron chi connectivity index (χ0n) is 9.72. The Labute approximate surface area is 118 Å². The van der Waals surface area contributed by atoms with Crippen LogP contribution in [0.2, 0.25) is 9.62 Å². The molecule has 0 saturated heterocycles. The first-order valence-corrected chi connectivity index (χ1v) is 6.56. The molecule has 2 aromatic rings. The Morgan fingerprint density at radius 2 is 2.06 bits per heavy atom. The SMILES string of the molecule is COc1nc(Cl)nc(N(C)Cc2ccc(Cl)s2)n1. The number of hydrogen-bond acceptors (Lipinski definition) is 6. The van der Waals surface area contributed by atoms with Gasteiger partial charge in [0.15, 0.2) is 0 Å². The zero-order valence-corrected chi connectivity index (χ0v) is 12.1. The number of nitrogens with zero attached hydrogens (tertiary/aromatic N) is 4. The number of aromatic nitrogens is 3. The lowest BCUT2D eigenvalue weighted by Gasteiger charge is -2.16. The van der Waals surface area contributed by atoms with E-state index in [-0.39, 0.29) is 11.3 Å². The van der Waals surface area contributed by atoms with Crippen molar-refractivity contribution < 1.29 is 4.74 Å². The summed E-state index contributed by atoms with van der Waals surface area (Å²) in [5.74, 6) is 0.455. The fourth-order valence-corrected chi connectivity index (χ4v) is 2.61. The summed E-state index contributed by atoms with van der Waals surface area (Å²) in [7, 11) is 3.34. The Balaban J connectivity index is 2.17. The van der Waals surface area contributed by atoms with E-state index in [1.807, 2.05) is 24.1 Å². The molecular formula is C10H10Cl2N4OS. The summed E-state index contributed by atoms with van der Waals surface area (Å²) < 4.78 is 5.70. The molecule has 0 radical (unpaired) electrons. The third kappa shape index (κ3) is 3.22. The molecule has 5 nitrogen and oxygen atoms in total. The van der Waals surface area contributed by atoms with Crippen molar-refractivity contribution in [3.63, 3.8) is 0 Å². The molecule has 0 atom stereocenters. The molecule has 2 heterocycles. The minimum Gasteiger partial charge on any atom is -0.467 e. The summed E-state index contributed by atoms with van der Waals surface area (Å²) in [5, 5.41) is 0.105. The van der Waals surface area contributed by atoms with E-state index in [4.69, 9.17) is 27.9 Å². The van der Waals surface area contributed by atoms with Crippen LogP contribution in [0.15, 0.2) is 12.1 Å². The van der Waals surface area contributed by atoms with Crippen molar-refractivity contribution in [2.75, 3.05) is 19.1 Å². The van der Waals surface area contributed by atoms with Gasteiger partial charge >= 0.3 is 6.01 Å². The van der Waals surface area contributed by atoms with E-state index in [0.717, 1.165) is 9.21 Å². The first kappa shape index (κ1) is 13.3. The van der Waals surface area contributed by atoms with E-state index < -0.39 is 0 Å². The normalized spacial score (nSPS) is 10.4. The largest absolute Gasteiger partial charge is 0.467 e. The average molecular weight is 305 g/mol. The highest BCUT2D eigenvalue weighted by Crippen LogP contribution is 2.24. The van der Waals surface area contributed by atoms with Gasteiger partial charge in [-0.2, -0.15) is 15.0 Å². The molecule has 8 heteroatoms. The Bertz CT molecular complexity index is 548. The van der Waals surface area contributed by atoms with Gasteiger partial charge < -0.3 is 9.64 Å². The Hall–Kier alpha value is -1.11. The number of methoxy groups -OCH3 is 1. The molecule has 0 aliphatic rings. The average Bonchev–Trinajstić information content (AvgIpc) is 2.73. The van der Waals surface area contributed by atoms with Crippen LogP contribution in [-0.2, 0) is 6.54 Å². The lowest BCUT2D eigenvalue weighted by molar-refractivity contribution is 0.378. The Morgan fingerprint density at radius 3 is 2.67 bits per heavy atom. The second kappa shape index (κ2) is 5.69. The van der Waals surface area contributed by atoms with Crippen molar-refractivity contribution in [1.29, 1.82) is 0 Å². The zero-order chi connectivity index (χ0) is 13.1. The fraction of sp³-hybridized carbons (Fsp3) is 0.300. The summed E-state index contributed by atoms with van der Waals surface area (Å²) >= 11 is 13.2. The van der Waals surface area contributed by atoms with Crippen LogP contribution < -0.4 is 9.64 Å². The molecule has 2 rings (SSSR count). The molecule has 0 fully saturated rings. The van der Waals surface area contributed by atoms with E-state index in [1.54, 1.807) is 0 Å². The van der Waals surface area contributed by atoms with Crippen LogP contribution in [0.1, 0.15) is 4.88 Å². The second-order valence-corrected chi connectivity index (χ2v) is 5.59. The van der Waals surface area contributed by atoms with Crippen molar-refractivity contribution in [2.24, 2.45) is 0 Å². The minimum absolute atomic E-state index is 0.105. The summed E-state index contributed by atoms with van der Waals surface area (Å²) in [6.07, 6.45) is 0. The predicted molar refractivity (Wildman–Crippen MR) is 72.8 cm³/mol. The van der Waals surface area contributed by atoms with E-state index in [2.05, 4.69) is 15.0 Å². The molecule has 0 aliphatic heterocycles. The standard InChI is InChI=1S/C10H10Cl2N4OS/c1-16(5-6-3-4-7(11)18-6)9-13-8(12)14-10(15-9)17-2/h3-4H,5H2,1-2H3. The highest BCUT2D eigenvalue weighted by atomic mass is 35.5. The first-order valence-electron chi connectivity index (χ1n) is 4.99.